The predicted octanol–water partition coefficient (Wildman–Crippen LogP) is 3.89. The number of benzene rings is 2. The third-order valence-corrected chi connectivity index (χ3v) is 5.21. The molecule has 1 aliphatic rings. The van der Waals surface area contributed by atoms with Gasteiger partial charge in [0.25, 0.3) is 0 Å². The van der Waals surface area contributed by atoms with Gasteiger partial charge in [-0.3, -0.25) is 4.90 Å². The number of nitrogens with one attached hydrogen (secondary N) is 2. The van der Waals surface area contributed by atoms with Crippen LogP contribution in [-0.2, 0) is 17.8 Å². The third-order valence-electron chi connectivity index (χ3n) is 5.21. The number of hydrogen-bond acceptors (Lipinski definition) is 5. The molecular formula is C25H36N4O3. The molecule has 1 saturated heterocycles. The Labute approximate surface area is 191 Å². The van der Waals surface area contributed by atoms with Crippen LogP contribution in [0.5, 0.6) is 11.5 Å². The number of rotatable bonds is 9. The van der Waals surface area contributed by atoms with Crippen LogP contribution in [0, 0.1) is 0 Å². The summed E-state index contributed by atoms with van der Waals surface area (Å²) in [7, 11) is 1.64. The molecule has 2 aromatic carbocycles. The predicted molar refractivity (Wildman–Crippen MR) is 130 cm³/mol. The minimum atomic E-state index is 0.298. The second kappa shape index (κ2) is 12.3. The molecule has 0 radical (unpaired) electrons. The van der Waals surface area contributed by atoms with E-state index in [-0.39, 0.29) is 0 Å². The van der Waals surface area contributed by atoms with E-state index >= 15 is 0 Å². The third kappa shape index (κ3) is 7.14. The molecule has 1 heterocycles. The second-order valence-corrected chi connectivity index (χ2v) is 7.86. The molecule has 1 aliphatic heterocycles. The summed E-state index contributed by atoms with van der Waals surface area (Å²) in [6.45, 7) is 11.8. The summed E-state index contributed by atoms with van der Waals surface area (Å²) < 4.78 is 16.7. The van der Waals surface area contributed by atoms with Crippen molar-refractivity contribution in [3.05, 3.63) is 53.6 Å². The lowest BCUT2D eigenvalue weighted by atomic mass is 10.1. The first-order chi connectivity index (χ1) is 15.6. The van der Waals surface area contributed by atoms with Crippen LogP contribution in [0.1, 0.15) is 31.9 Å². The van der Waals surface area contributed by atoms with Crippen molar-refractivity contribution in [3.63, 3.8) is 0 Å². The Kier molecular flexibility index (Phi) is 9.19. The molecule has 0 aliphatic carbocycles. The highest BCUT2D eigenvalue weighted by Crippen LogP contribution is 2.30. The highest BCUT2D eigenvalue weighted by Gasteiger charge is 2.16. The van der Waals surface area contributed by atoms with E-state index in [4.69, 9.17) is 19.2 Å². The maximum absolute atomic E-state index is 5.68. The molecule has 2 N–H and O–H groups in total. The number of aliphatic imine (C=N–C) groups is 1. The molecule has 0 amide bonds. The average molecular weight is 441 g/mol. The molecule has 0 spiro atoms. The monoisotopic (exact) mass is 440 g/mol. The summed E-state index contributed by atoms with van der Waals surface area (Å²) in [6.07, 6.45) is 0.298. The van der Waals surface area contributed by atoms with Crippen molar-refractivity contribution in [2.24, 2.45) is 4.99 Å². The zero-order valence-electron chi connectivity index (χ0n) is 19.7. The Morgan fingerprint density at radius 2 is 2.00 bits per heavy atom. The Morgan fingerprint density at radius 1 is 1.16 bits per heavy atom. The van der Waals surface area contributed by atoms with Gasteiger partial charge in [0, 0.05) is 37.9 Å². The highest BCUT2D eigenvalue weighted by atomic mass is 16.5. The summed E-state index contributed by atoms with van der Waals surface area (Å²) >= 11 is 0. The van der Waals surface area contributed by atoms with Gasteiger partial charge in [-0.05, 0) is 44.0 Å². The molecule has 2 aromatic rings. The van der Waals surface area contributed by atoms with E-state index in [0.717, 1.165) is 44.4 Å². The van der Waals surface area contributed by atoms with Crippen molar-refractivity contribution in [2.45, 2.75) is 40.0 Å². The summed E-state index contributed by atoms with van der Waals surface area (Å²) in [6, 6.07) is 14.4. The van der Waals surface area contributed by atoms with E-state index in [1.54, 1.807) is 7.11 Å². The Bertz CT molecular complexity index is 887. The van der Waals surface area contributed by atoms with Crippen molar-refractivity contribution in [2.75, 3.05) is 45.3 Å². The maximum atomic E-state index is 5.68. The first-order valence-corrected chi connectivity index (χ1v) is 11.4. The quantitative estimate of drug-likeness (QED) is 0.456. The Morgan fingerprint density at radius 3 is 2.75 bits per heavy atom. The normalized spacial score (nSPS) is 17.1. The molecule has 0 aromatic heterocycles. The van der Waals surface area contributed by atoms with Crippen LogP contribution in [0.3, 0.4) is 0 Å². The molecule has 0 saturated carbocycles. The number of methoxy groups -OCH3 is 1. The molecular weight excluding hydrogens is 404 g/mol. The van der Waals surface area contributed by atoms with Gasteiger partial charge in [0.15, 0.2) is 17.5 Å². The van der Waals surface area contributed by atoms with E-state index in [0.29, 0.717) is 30.8 Å². The van der Waals surface area contributed by atoms with Gasteiger partial charge in [-0.1, -0.05) is 24.3 Å². The highest BCUT2D eigenvalue weighted by molar-refractivity contribution is 5.93. The fourth-order valence-corrected chi connectivity index (χ4v) is 3.76. The van der Waals surface area contributed by atoms with Crippen LogP contribution in [-0.4, -0.2) is 56.9 Å². The lowest BCUT2D eigenvalue weighted by Gasteiger charge is -2.31. The van der Waals surface area contributed by atoms with Gasteiger partial charge in [0.1, 0.15) is 0 Å². The number of nitrogens with zero attached hydrogens (tertiary/aromatic N) is 2. The molecule has 174 valence electrons. The van der Waals surface area contributed by atoms with E-state index in [2.05, 4.69) is 53.6 Å². The number of guanidine groups is 1. The van der Waals surface area contributed by atoms with Crippen LogP contribution in [0.4, 0.5) is 5.69 Å². The topological polar surface area (TPSA) is 67.4 Å². The first kappa shape index (κ1) is 23.9. The number of ether oxygens (including phenoxy) is 3. The fraction of sp³-hybridized carbons (Fsp3) is 0.480. The lowest BCUT2D eigenvalue weighted by molar-refractivity contribution is -0.0212. The fourth-order valence-electron chi connectivity index (χ4n) is 3.76. The standard InChI is InChI=1S/C25H36N4O3/c1-5-26-25(28-22-10-11-23(30-4)24(15-22)31-6-2)27-16-20-8-7-9-21(14-20)18-29-12-13-32-19(3)17-29/h7-11,14-15,19H,5-6,12-13,16-18H2,1-4H3,(H2,26,27,28). The van der Waals surface area contributed by atoms with Crippen molar-refractivity contribution >= 4 is 11.6 Å². The van der Waals surface area contributed by atoms with Crippen LogP contribution in [0.15, 0.2) is 47.5 Å². The average Bonchev–Trinajstić information content (AvgIpc) is 2.78. The van der Waals surface area contributed by atoms with Crippen molar-refractivity contribution in [3.8, 4) is 11.5 Å². The van der Waals surface area contributed by atoms with Gasteiger partial charge in [-0.2, -0.15) is 0 Å². The lowest BCUT2D eigenvalue weighted by Crippen LogP contribution is -2.40. The Balaban J connectivity index is 1.66. The van der Waals surface area contributed by atoms with Crippen LogP contribution in [0.2, 0.25) is 0 Å². The molecule has 32 heavy (non-hydrogen) atoms. The SMILES string of the molecule is CCNC(=NCc1cccc(CN2CCOC(C)C2)c1)Nc1ccc(OC)c(OCC)c1. The van der Waals surface area contributed by atoms with Crippen LogP contribution in [0.25, 0.3) is 0 Å². The van der Waals surface area contributed by atoms with E-state index in [1.807, 2.05) is 25.1 Å². The maximum Gasteiger partial charge on any atom is 0.196 e. The van der Waals surface area contributed by atoms with Crippen LogP contribution >= 0.6 is 0 Å². The zero-order chi connectivity index (χ0) is 22.8. The summed E-state index contributed by atoms with van der Waals surface area (Å²) in [5.74, 6) is 2.15. The summed E-state index contributed by atoms with van der Waals surface area (Å²) in [5, 5.41) is 6.68. The number of morpholine rings is 1. The summed E-state index contributed by atoms with van der Waals surface area (Å²) in [4.78, 5) is 7.23. The number of hydrogen-bond donors (Lipinski definition) is 2. The largest absolute Gasteiger partial charge is 0.493 e. The van der Waals surface area contributed by atoms with E-state index < -0.39 is 0 Å². The van der Waals surface area contributed by atoms with Gasteiger partial charge < -0.3 is 24.8 Å². The van der Waals surface area contributed by atoms with Crippen molar-refractivity contribution in [1.82, 2.24) is 10.2 Å². The minimum Gasteiger partial charge on any atom is -0.493 e. The summed E-state index contributed by atoms with van der Waals surface area (Å²) in [5.41, 5.74) is 3.39. The minimum absolute atomic E-state index is 0.298. The second-order valence-electron chi connectivity index (χ2n) is 7.86. The molecule has 1 atom stereocenters. The van der Waals surface area contributed by atoms with Gasteiger partial charge in [-0.15, -0.1) is 0 Å². The van der Waals surface area contributed by atoms with Gasteiger partial charge in [0.2, 0.25) is 0 Å². The molecule has 1 unspecified atom stereocenters. The smallest absolute Gasteiger partial charge is 0.196 e. The van der Waals surface area contributed by atoms with Crippen molar-refractivity contribution < 1.29 is 14.2 Å². The van der Waals surface area contributed by atoms with Crippen molar-refractivity contribution in [1.29, 1.82) is 0 Å². The first-order valence-electron chi connectivity index (χ1n) is 11.4. The molecule has 0 bridgehead atoms. The van der Waals surface area contributed by atoms with Gasteiger partial charge in [-0.25, -0.2) is 4.99 Å². The van der Waals surface area contributed by atoms with E-state index in [9.17, 15) is 0 Å². The molecule has 7 nitrogen and oxygen atoms in total. The van der Waals surface area contributed by atoms with Gasteiger partial charge >= 0.3 is 0 Å². The Hall–Kier alpha value is -2.77. The molecule has 1 fully saturated rings. The van der Waals surface area contributed by atoms with E-state index in [1.165, 1.54) is 11.1 Å². The molecule has 7 heteroatoms. The number of anilines is 1. The molecule has 3 rings (SSSR count). The van der Waals surface area contributed by atoms with Crippen LogP contribution < -0.4 is 20.1 Å². The van der Waals surface area contributed by atoms with Gasteiger partial charge in [0.05, 0.1) is 33.0 Å². The zero-order valence-corrected chi connectivity index (χ0v) is 19.7.